The number of hydrogen-bond acceptors (Lipinski definition) is 3. The number of esters is 1. The molecule has 150 valence electrons. The standard InChI is InChI=1S/C23H29ClN2O2/c1-2-28-23(27)21(16-8-4-3-5-9-16)22-19-10-6-7-11-20(19)25-26(22)18-14-12-17(24)13-15-18/h12-16,21H,2-11H2,1H3. The minimum Gasteiger partial charge on any atom is -0.465 e. The molecule has 1 saturated carbocycles. The second kappa shape index (κ2) is 8.69. The van der Waals surface area contributed by atoms with E-state index in [2.05, 4.69) is 0 Å². The summed E-state index contributed by atoms with van der Waals surface area (Å²) in [5, 5.41) is 5.68. The fraction of sp³-hybridized carbons (Fsp3) is 0.565. The van der Waals surface area contributed by atoms with Crippen molar-refractivity contribution in [3.63, 3.8) is 0 Å². The first-order valence-corrected chi connectivity index (χ1v) is 11.1. The lowest BCUT2D eigenvalue weighted by atomic mass is 9.76. The van der Waals surface area contributed by atoms with Gasteiger partial charge in [-0.05, 0) is 81.2 Å². The zero-order valence-corrected chi connectivity index (χ0v) is 17.4. The second-order valence-corrected chi connectivity index (χ2v) is 8.47. The van der Waals surface area contributed by atoms with Crippen molar-refractivity contribution in [3.8, 4) is 5.69 Å². The number of aromatic nitrogens is 2. The van der Waals surface area contributed by atoms with Crippen molar-refractivity contribution in [1.29, 1.82) is 0 Å². The Labute approximate surface area is 172 Å². The first-order valence-electron chi connectivity index (χ1n) is 10.7. The number of carbonyl (C=O) groups is 1. The maximum Gasteiger partial charge on any atom is 0.315 e. The molecular formula is C23H29ClN2O2. The number of hydrogen-bond donors (Lipinski definition) is 0. The van der Waals surface area contributed by atoms with Gasteiger partial charge in [-0.1, -0.05) is 30.9 Å². The maximum atomic E-state index is 13.2. The molecule has 0 radical (unpaired) electrons. The SMILES string of the molecule is CCOC(=O)C(c1c2c(nn1-c1ccc(Cl)cc1)CCCC2)C1CCCCC1. The normalized spacial score (nSPS) is 18.5. The molecule has 0 bridgehead atoms. The quantitative estimate of drug-likeness (QED) is 0.610. The average Bonchev–Trinajstić information content (AvgIpc) is 3.09. The van der Waals surface area contributed by atoms with E-state index in [4.69, 9.17) is 21.4 Å². The molecular weight excluding hydrogens is 372 g/mol. The smallest absolute Gasteiger partial charge is 0.315 e. The summed E-state index contributed by atoms with van der Waals surface area (Å²) >= 11 is 6.11. The summed E-state index contributed by atoms with van der Waals surface area (Å²) in [4.78, 5) is 13.2. The van der Waals surface area contributed by atoms with Gasteiger partial charge in [-0.25, -0.2) is 4.68 Å². The lowest BCUT2D eigenvalue weighted by Crippen LogP contribution is -2.29. The van der Waals surface area contributed by atoms with Crippen LogP contribution in [0.1, 0.15) is 74.7 Å². The Morgan fingerprint density at radius 1 is 1.14 bits per heavy atom. The number of aryl methyl sites for hydroxylation is 1. The first kappa shape index (κ1) is 19.5. The Hall–Kier alpha value is -1.81. The number of ether oxygens (including phenoxy) is 1. The Morgan fingerprint density at radius 2 is 1.86 bits per heavy atom. The highest BCUT2D eigenvalue weighted by Crippen LogP contribution is 2.41. The molecule has 1 unspecified atom stereocenters. The molecule has 0 aliphatic heterocycles. The molecule has 0 amide bonds. The number of carbonyl (C=O) groups excluding carboxylic acids is 1. The second-order valence-electron chi connectivity index (χ2n) is 8.03. The van der Waals surface area contributed by atoms with Crippen LogP contribution in [0.4, 0.5) is 0 Å². The third-order valence-electron chi connectivity index (χ3n) is 6.22. The van der Waals surface area contributed by atoms with Gasteiger partial charge in [0.25, 0.3) is 0 Å². The van der Waals surface area contributed by atoms with Gasteiger partial charge in [-0.3, -0.25) is 4.79 Å². The predicted octanol–water partition coefficient (Wildman–Crippen LogP) is 5.63. The van der Waals surface area contributed by atoms with E-state index < -0.39 is 0 Å². The van der Waals surface area contributed by atoms with Crippen LogP contribution in [0.3, 0.4) is 0 Å². The Kier molecular flexibility index (Phi) is 6.05. The molecule has 0 spiro atoms. The van der Waals surface area contributed by atoms with Crippen LogP contribution in [0, 0.1) is 5.92 Å². The minimum absolute atomic E-state index is 0.0853. The number of halogens is 1. The summed E-state index contributed by atoms with van der Waals surface area (Å²) in [6, 6.07) is 7.77. The van der Waals surface area contributed by atoms with Gasteiger partial charge in [-0.15, -0.1) is 0 Å². The van der Waals surface area contributed by atoms with Crippen molar-refractivity contribution < 1.29 is 9.53 Å². The molecule has 1 atom stereocenters. The zero-order valence-electron chi connectivity index (χ0n) is 16.6. The molecule has 5 heteroatoms. The van der Waals surface area contributed by atoms with E-state index in [1.165, 1.54) is 24.8 Å². The number of nitrogens with zero attached hydrogens (tertiary/aromatic N) is 2. The van der Waals surface area contributed by atoms with Crippen LogP contribution in [-0.2, 0) is 22.4 Å². The van der Waals surface area contributed by atoms with E-state index in [1.807, 2.05) is 35.9 Å². The molecule has 1 heterocycles. The van der Waals surface area contributed by atoms with Crippen molar-refractivity contribution >= 4 is 17.6 Å². The molecule has 1 fully saturated rings. The maximum absolute atomic E-state index is 13.2. The highest BCUT2D eigenvalue weighted by Gasteiger charge is 2.38. The summed E-state index contributed by atoms with van der Waals surface area (Å²) in [6.45, 7) is 2.31. The van der Waals surface area contributed by atoms with E-state index in [0.29, 0.717) is 17.5 Å². The van der Waals surface area contributed by atoms with Gasteiger partial charge in [0.15, 0.2) is 0 Å². The molecule has 0 N–H and O–H groups in total. The van der Waals surface area contributed by atoms with Crippen molar-refractivity contribution in [3.05, 3.63) is 46.2 Å². The van der Waals surface area contributed by atoms with Crippen LogP contribution < -0.4 is 0 Å². The average molecular weight is 401 g/mol. The Morgan fingerprint density at radius 3 is 2.57 bits per heavy atom. The molecule has 1 aromatic heterocycles. The van der Waals surface area contributed by atoms with Crippen LogP contribution in [0.2, 0.25) is 5.02 Å². The van der Waals surface area contributed by atoms with Crippen molar-refractivity contribution in [2.75, 3.05) is 6.61 Å². The molecule has 0 saturated heterocycles. The zero-order chi connectivity index (χ0) is 19.5. The van der Waals surface area contributed by atoms with Gasteiger partial charge < -0.3 is 4.74 Å². The van der Waals surface area contributed by atoms with E-state index in [0.717, 1.165) is 55.6 Å². The topological polar surface area (TPSA) is 44.1 Å². The van der Waals surface area contributed by atoms with Crippen LogP contribution in [0.5, 0.6) is 0 Å². The summed E-state index contributed by atoms with van der Waals surface area (Å²) < 4.78 is 7.60. The summed E-state index contributed by atoms with van der Waals surface area (Å²) in [7, 11) is 0. The fourth-order valence-electron chi connectivity index (χ4n) is 4.90. The highest BCUT2D eigenvalue weighted by atomic mass is 35.5. The molecule has 4 nitrogen and oxygen atoms in total. The van der Waals surface area contributed by atoms with E-state index in [-0.39, 0.29) is 11.9 Å². The van der Waals surface area contributed by atoms with Crippen LogP contribution in [0.15, 0.2) is 24.3 Å². The lowest BCUT2D eigenvalue weighted by Gasteiger charge is -2.30. The number of fused-ring (bicyclic) bond motifs is 1. The molecule has 2 aliphatic rings. The third-order valence-corrected chi connectivity index (χ3v) is 6.48. The highest BCUT2D eigenvalue weighted by molar-refractivity contribution is 6.30. The van der Waals surface area contributed by atoms with Gasteiger partial charge in [0.1, 0.15) is 5.92 Å². The van der Waals surface area contributed by atoms with Gasteiger partial charge >= 0.3 is 5.97 Å². The largest absolute Gasteiger partial charge is 0.465 e. The van der Waals surface area contributed by atoms with Gasteiger partial charge in [-0.2, -0.15) is 5.10 Å². The number of rotatable bonds is 5. The van der Waals surface area contributed by atoms with Crippen LogP contribution >= 0.6 is 11.6 Å². The molecule has 2 aliphatic carbocycles. The monoisotopic (exact) mass is 400 g/mol. The van der Waals surface area contributed by atoms with Gasteiger partial charge in [0, 0.05) is 5.02 Å². The Balaban J connectivity index is 1.84. The molecule has 28 heavy (non-hydrogen) atoms. The first-order chi connectivity index (χ1) is 13.7. The summed E-state index contributed by atoms with van der Waals surface area (Å²) in [5.41, 5.74) is 4.48. The summed E-state index contributed by atoms with van der Waals surface area (Å²) in [6.07, 6.45) is 10.1. The van der Waals surface area contributed by atoms with E-state index in [9.17, 15) is 4.79 Å². The van der Waals surface area contributed by atoms with Gasteiger partial charge in [0.05, 0.1) is 23.7 Å². The lowest BCUT2D eigenvalue weighted by molar-refractivity contribution is -0.147. The predicted molar refractivity (Wildman–Crippen MR) is 111 cm³/mol. The minimum atomic E-state index is -0.231. The molecule has 4 rings (SSSR count). The Bertz CT molecular complexity index is 822. The fourth-order valence-corrected chi connectivity index (χ4v) is 5.03. The van der Waals surface area contributed by atoms with Crippen LogP contribution in [0.25, 0.3) is 5.69 Å². The number of benzene rings is 1. The summed E-state index contributed by atoms with van der Waals surface area (Å²) in [5.74, 6) is 0.0183. The van der Waals surface area contributed by atoms with Gasteiger partial charge in [0.2, 0.25) is 0 Å². The van der Waals surface area contributed by atoms with E-state index in [1.54, 1.807) is 0 Å². The van der Waals surface area contributed by atoms with Crippen molar-refractivity contribution in [1.82, 2.24) is 9.78 Å². The molecule has 1 aromatic carbocycles. The van der Waals surface area contributed by atoms with E-state index >= 15 is 0 Å². The third kappa shape index (κ3) is 3.84. The molecule has 2 aromatic rings. The van der Waals surface area contributed by atoms with Crippen molar-refractivity contribution in [2.45, 2.75) is 70.6 Å². The van der Waals surface area contributed by atoms with Crippen LogP contribution in [-0.4, -0.2) is 22.4 Å². The van der Waals surface area contributed by atoms with Crippen molar-refractivity contribution in [2.24, 2.45) is 5.92 Å².